The van der Waals surface area contributed by atoms with Crippen molar-refractivity contribution < 1.29 is 4.79 Å². The highest BCUT2D eigenvalue weighted by molar-refractivity contribution is 14.1. The third kappa shape index (κ3) is 3.26. The number of rotatable bonds is 2. The van der Waals surface area contributed by atoms with E-state index in [1.165, 1.54) is 0 Å². The van der Waals surface area contributed by atoms with Crippen molar-refractivity contribution in [1.29, 1.82) is 0 Å². The molecule has 0 fully saturated rings. The van der Waals surface area contributed by atoms with Gasteiger partial charge in [-0.2, -0.15) is 0 Å². The number of carbonyl (C=O) groups excluding carboxylic acids is 1. The molecule has 0 atom stereocenters. The summed E-state index contributed by atoms with van der Waals surface area (Å²) in [6.45, 7) is 0. The van der Waals surface area contributed by atoms with Crippen LogP contribution in [0.1, 0.15) is 10.4 Å². The highest BCUT2D eigenvalue weighted by atomic mass is 127. The molecule has 2 aromatic rings. The average molecular weight is 403 g/mol. The Morgan fingerprint density at radius 2 is 2.12 bits per heavy atom. The predicted molar refractivity (Wildman–Crippen MR) is 79.0 cm³/mol. The van der Waals surface area contributed by atoms with Crippen molar-refractivity contribution >= 4 is 50.2 Å². The van der Waals surface area contributed by atoms with E-state index in [-0.39, 0.29) is 5.91 Å². The molecule has 0 unspecified atom stereocenters. The molecular weight excluding hydrogens is 395 g/mol. The molecule has 5 heteroatoms. The summed E-state index contributed by atoms with van der Waals surface area (Å²) in [5, 5.41) is 2.74. The van der Waals surface area contributed by atoms with Gasteiger partial charge in [-0.25, -0.2) is 4.98 Å². The molecule has 1 aromatic heterocycles. The number of pyridine rings is 1. The van der Waals surface area contributed by atoms with Crippen LogP contribution in [0.4, 0.5) is 5.82 Å². The van der Waals surface area contributed by atoms with E-state index in [0.29, 0.717) is 11.4 Å². The van der Waals surface area contributed by atoms with E-state index in [4.69, 9.17) is 0 Å². The van der Waals surface area contributed by atoms with Crippen LogP contribution in [0.3, 0.4) is 0 Å². The van der Waals surface area contributed by atoms with Crippen molar-refractivity contribution in [3.05, 3.63) is 56.2 Å². The molecule has 1 amide bonds. The number of anilines is 1. The predicted octanol–water partition coefficient (Wildman–Crippen LogP) is 3.70. The first kappa shape index (κ1) is 12.5. The van der Waals surface area contributed by atoms with Gasteiger partial charge in [0, 0.05) is 14.2 Å². The first-order chi connectivity index (χ1) is 8.16. The number of halogens is 2. The molecule has 1 heterocycles. The van der Waals surface area contributed by atoms with Gasteiger partial charge >= 0.3 is 0 Å². The number of benzene rings is 1. The molecule has 2 rings (SSSR count). The van der Waals surface area contributed by atoms with E-state index in [0.717, 1.165) is 8.04 Å². The minimum Gasteiger partial charge on any atom is -0.307 e. The molecule has 17 heavy (non-hydrogen) atoms. The second-order valence-electron chi connectivity index (χ2n) is 3.29. The van der Waals surface area contributed by atoms with Gasteiger partial charge in [0.2, 0.25) is 0 Å². The molecule has 0 spiro atoms. The van der Waals surface area contributed by atoms with Gasteiger partial charge in [-0.1, -0.05) is 6.07 Å². The van der Waals surface area contributed by atoms with Crippen molar-refractivity contribution in [2.45, 2.75) is 0 Å². The molecule has 0 aliphatic heterocycles. The SMILES string of the molecule is O=C(Nc1ccccn1)c1cc(I)ccc1Br. The Bertz CT molecular complexity index is 545. The first-order valence-electron chi connectivity index (χ1n) is 4.84. The fourth-order valence-electron chi connectivity index (χ4n) is 1.29. The van der Waals surface area contributed by atoms with Gasteiger partial charge in [-0.3, -0.25) is 4.79 Å². The second-order valence-corrected chi connectivity index (χ2v) is 5.39. The quantitative estimate of drug-likeness (QED) is 0.778. The molecule has 0 saturated heterocycles. The van der Waals surface area contributed by atoms with Crippen LogP contribution < -0.4 is 5.32 Å². The van der Waals surface area contributed by atoms with Crippen LogP contribution in [0.25, 0.3) is 0 Å². The molecule has 0 bridgehead atoms. The summed E-state index contributed by atoms with van der Waals surface area (Å²) in [5.41, 5.74) is 0.600. The van der Waals surface area contributed by atoms with Gasteiger partial charge in [0.05, 0.1) is 5.56 Å². The maximum atomic E-state index is 12.0. The third-order valence-electron chi connectivity index (χ3n) is 2.08. The summed E-state index contributed by atoms with van der Waals surface area (Å²) in [4.78, 5) is 16.0. The zero-order chi connectivity index (χ0) is 12.3. The number of nitrogens with one attached hydrogen (secondary N) is 1. The number of amides is 1. The van der Waals surface area contributed by atoms with Crippen LogP contribution in [0.2, 0.25) is 0 Å². The lowest BCUT2D eigenvalue weighted by Crippen LogP contribution is -2.13. The fraction of sp³-hybridized carbons (Fsp3) is 0. The Morgan fingerprint density at radius 3 is 2.82 bits per heavy atom. The van der Waals surface area contributed by atoms with Crippen LogP contribution in [0.15, 0.2) is 47.1 Å². The molecule has 1 aromatic carbocycles. The van der Waals surface area contributed by atoms with Crippen LogP contribution >= 0.6 is 38.5 Å². The summed E-state index contributed by atoms with van der Waals surface area (Å²) in [6.07, 6.45) is 1.64. The molecule has 3 nitrogen and oxygen atoms in total. The summed E-state index contributed by atoms with van der Waals surface area (Å²) >= 11 is 5.53. The normalized spacial score (nSPS) is 10.0. The second kappa shape index (κ2) is 5.59. The first-order valence-corrected chi connectivity index (χ1v) is 6.71. The van der Waals surface area contributed by atoms with Crippen molar-refractivity contribution in [3.63, 3.8) is 0 Å². The van der Waals surface area contributed by atoms with Crippen LogP contribution in [0, 0.1) is 3.57 Å². The van der Waals surface area contributed by atoms with Gasteiger partial charge in [0.15, 0.2) is 0 Å². The van der Waals surface area contributed by atoms with Crippen molar-refractivity contribution in [3.8, 4) is 0 Å². The van der Waals surface area contributed by atoms with E-state index >= 15 is 0 Å². The Morgan fingerprint density at radius 1 is 1.29 bits per heavy atom. The van der Waals surface area contributed by atoms with Crippen molar-refractivity contribution in [1.82, 2.24) is 4.98 Å². The van der Waals surface area contributed by atoms with Gasteiger partial charge in [0.25, 0.3) is 5.91 Å². The smallest absolute Gasteiger partial charge is 0.257 e. The highest BCUT2D eigenvalue weighted by Crippen LogP contribution is 2.20. The highest BCUT2D eigenvalue weighted by Gasteiger charge is 2.10. The lowest BCUT2D eigenvalue weighted by atomic mass is 10.2. The molecule has 0 aliphatic rings. The standard InChI is InChI=1S/C12H8BrIN2O/c13-10-5-4-8(14)7-9(10)12(17)16-11-3-1-2-6-15-11/h1-7H,(H,15,16,17). The summed E-state index contributed by atoms with van der Waals surface area (Å²) < 4.78 is 1.78. The van der Waals surface area contributed by atoms with Gasteiger partial charge in [-0.05, 0) is 68.9 Å². The van der Waals surface area contributed by atoms with E-state index in [1.54, 1.807) is 18.3 Å². The minimum atomic E-state index is -0.172. The average Bonchev–Trinajstić information content (AvgIpc) is 2.33. The van der Waals surface area contributed by atoms with Gasteiger partial charge < -0.3 is 5.32 Å². The van der Waals surface area contributed by atoms with Crippen LogP contribution in [-0.4, -0.2) is 10.9 Å². The Balaban J connectivity index is 2.23. The largest absolute Gasteiger partial charge is 0.307 e. The number of aromatic nitrogens is 1. The summed E-state index contributed by atoms with van der Waals surface area (Å²) in [5.74, 6) is 0.373. The lowest BCUT2D eigenvalue weighted by molar-refractivity contribution is 0.102. The zero-order valence-corrected chi connectivity index (χ0v) is 12.4. The molecule has 0 saturated carbocycles. The monoisotopic (exact) mass is 402 g/mol. The van der Waals surface area contributed by atoms with Crippen molar-refractivity contribution in [2.75, 3.05) is 5.32 Å². The third-order valence-corrected chi connectivity index (χ3v) is 3.44. The zero-order valence-electron chi connectivity index (χ0n) is 8.65. The summed E-state index contributed by atoms with van der Waals surface area (Å²) in [6, 6.07) is 11.0. The maximum absolute atomic E-state index is 12.0. The fourth-order valence-corrected chi connectivity index (χ4v) is 2.21. The Kier molecular flexibility index (Phi) is 4.11. The molecule has 1 N–H and O–H groups in total. The Hall–Kier alpha value is -0.950. The number of hydrogen-bond acceptors (Lipinski definition) is 2. The van der Waals surface area contributed by atoms with Crippen LogP contribution in [-0.2, 0) is 0 Å². The van der Waals surface area contributed by atoms with E-state index in [9.17, 15) is 4.79 Å². The lowest BCUT2D eigenvalue weighted by Gasteiger charge is -2.06. The minimum absolute atomic E-state index is 0.172. The van der Waals surface area contributed by atoms with Crippen molar-refractivity contribution in [2.24, 2.45) is 0 Å². The topological polar surface area (TPSA) is 42.0 Å². The van der Waals surface area contributed by atoms with Gasteiger partial charge in [0.1, 0.15) is 5.82 Å². The number of hydrogen-bond donors (Lipinski definition) is 1. The summed E-state index contributed by atoms with van der Waals surface area (Å²) in [7, 11) is 0. The molecule has 86 valence electrons. The van der Waals surface area contributed by atoms with E-state index < -0.39 is 0 Å². The number of nitrogens with zero attached hydrogens (tertiary/aromatic N) is 1. The molecule has 0 radical (unpaired) electrons. The molecular formula is C12H8BrIN2O. The maximum Gasteiger partial charge on any atom is 0.257 e. The van der Waals surface area contributed by atoms with E-state index in [2.05, 4.69) is 48.8 Å². The van der Waals surface area contributed by atoms with E-state index in [1.807, 2.05) is 24.3 Å². The number of carbonyl (C=O) groups is 1. The van der Waals surface area contributed by atoms with Crippen LogP contribution in [0.5, 0.6) is 0 Å². The van der Waals surface area contributed by atoms with Gasteiger partial charge in [-0.15, -0.1) is 0 Å². The Labute approximate surface area is 121 Å². The molecule has 0 aliphatic carbocycles.